The number of imide groups is 2. The van der Waals surface area contributed by atoms with Crippen LogP contribution in [0.5, 0.6) is 11.5 Å². The Morgan fingerprint density at radius 1 is 1.11 bits per heavy atom. The highest BCUT2D eigenvalue weighted by Crippen LogP contribution is 2.36. The van der Waals surface area contributed by atoms with E-state index in [-0.39, 0.29) is 16.9 Å². The van der Waals surface area contributed by atoms with Crippen LogP contribution in [0.25, 0.3) is 6.08 Å². The molecule has 1 N–H and O–H groups in total. The van der Waals surface area contributed by atoms with Crippen molar-refractivity contribution in [3.8, 4) is 11.5 Å². The highest BCUT2D eigenvalue weighted by Gasteiger charge is 2.37. The predicted octanol–water partition coefficient (Wildman–Crippen LogP) is 5.22. The number of carbonyl (C=O) groups is 3. The third-order valence-corrected chi connectivity index (χ3v) is 6.59. The van der Waals surface area contributed by atoms with E-state index in [1.54, 1.807) is 12.1 Å². The van der Waals surface area contributed by atoms with E-state index in [9.17, 15) is 24.5 Å². The average Bonchev–Trinajstić information content (AvgIpc) is 2.86. The number of nitrogens with zero attached hydrogens (tertiary/aromatic N) is 2. The number of nitro groups is 1. The van der Waals surface area contributed by atoms with Gasteiger partial charge in [0.25, 0.3) is 17.5 Å². The van der Waals surface area contributed by atoms with Gasteiger partial charge in [-0.2, -0.15) is 0 Å². The van der Waals surface area contributed by atoms with Gasteiger partial charge < -0.3 is 9.47 Å². The van der Waals surface area contributed by atoms with Gasteiger partial charge in [-0.25, -0.2) is 9.69 Å². The number of nitrogens with one attached hydrogen (secondary N) is 1. The molecule has 3 aromatic rings. The number of halogens is 2. The number of nitro benzene ring substituents is 1. The number of benzene rings is 3. The predicted molar refractivity (Wildman–Crippen MR) is 146 cm³/mol. The first-order chi connectivity index (χ1) is 17.7. The molecule has 4 rings (SSSR count). The monoisotopic (exact) mass is 677 g/mol. The van der Waals surface area contributed by atoms with E-state index in [0.29, 0.717) is 32.1 Å². The van der Waals surface area contributed by atoms with Crippen molar-refractivity contribution in [1.29, 1.82) is 0 Å². The number of rotatable bonds is 7. The fourth-order valence-electron chi connectivity index (χ4n) is 3.50. The highest BCUT2D eigenvalue weighted by molar-refractivity contribution is 14.1. The normalized spacial score (nSPS) is 14.5. The quantitative estimate of drug-likeness (QED) is 0.119. The molecular formula is C25H17BrIN3O7. The van der Waals surface area contributed by atoms with E-state index >= 15 is 0 Å². The Morgan fingerprint density at radius 2 is 1.84 bits per heavy atom. The van der Waals surface area contributed by atoms with E-state index < -0.39 is 22.8 Å². The molecule has 1 saturated heterocycles. The van der Waals surface area contributed by atoms with Crippen LogP contribution in [0.15, 0.2) is 70.7 Å². The Labute approximate surface area is 232 Å². The molecule has 1 heterocycles. The molecule has 4 amide bonds. The number of methoxy groups -OCH3 is 1. The summed E-state index contributed by atoms with van der Waals surface area (Å²) in [5, 5.41) is 13.2. The standard InChI is InChI=1S/C25H17BrIN3O7/c1-36-21-11-15(10-20(27)22(21)37-13-14-5-7-16(26)8-6-14)9-19-23(31)28-25(33)29(24(19)32)17-3-2-4-18(12-17)30(34)35/h2-12H,13H2,1H3,(H,28,31,33)/b19-9+. The van der Waals surface area contributed by atoms with Gasteiger partial charge >= 0.3 is 6.03 Å². The lowest BCUT2D eigenvalue weighted by Crippen LogP contribution is -2.54. The molecule has 0 bridgehead atoms. The van der Waals surface area contributed by atoms with E-state index in [1.165, 1.54) is 31.4 Å². The van der Waals surface area contributed by atoms with Crippen LogP contribution in [0.4, 0.5) is 16.2 Å². The van der Waals surface area contributed by atoms with Gasteiger partial charge in [-0.1, -0.05) is 34.1 Å². The number of amides is 4. The molecule has 0 saturated carbocycles. The fourth-order valence-corrected chi connectivity index (χ4v) is 4.55. The molecular weight excluding hydrogens is 661 g/mol. The van der Waals surface area contributed by atoms with Crippen molar-refractivity contribution < 1.29 is 28.8 Å². The molecule has 0 aromatic heterocycles. The van der Waals surface area contributed by atoms with Crippen LogP contribution >= 0.6 is 38.5 Å². The average molecular weight is 678 g/mol. The molecule has 0 spiro atoms. The maximum absolute atomic E-state index is 13.2. The van der Waals surface area contributed by atoms with E-state index in [1.807, 2.05) is 24.3 Å². The molecule has 10 nitrogen and oxygen atoms in total. The molecule has 1 fully saturated rings. The van der Waals surface area contributed by atoms with Gasteiger partial charge in [-0.15, -0.1) is 0 Å². The number of ether oxygens (including phenoxy) is 2. The van der Waals surface area contributed by atoms with Crippen molar-refractivity contribution in [3.63, 3.8) is 0 Å². The Hall–Kier alpha value is -3.78. The fraction of sp³-hybridized carbons (Fsp3) is 0.0800. The summed E-state index contributed by atoms with van der Waals surface area (Å²) in [4.78, 5) is 49.3. The summed E-state index contributed by atoms with van der Waals surface area (Å²) in [6.45, 7) is 0.293. The minimum Gasteiger partial charge on any atom is -0.493 e. The molecule has 12 heteroatoms. The smallest absolute Gasteiger partial charge is 0.335 e. The molecule has 3 aromatic carbocycles. The maximum Gasteiger partial charge on any atom is 0.335 e. The first-order valence-corrected chi connectivity index (χ1v) is 12.5. The minimum absolute atomic E-state index is 0.0426. The summed E-state index contributed by atoms with van der Waals surface area (Å²) < 4.78 is 13.1. The first-order valence-electron chi connectivity index (χ1n) is 10.6. The zero-order valence-electron chi connectivity index (χ0n) is 19.1. The molecule has 37 heavy (non-hydrogen) atoms. The van der Waals surface area contributed by atoms with Gasteiger partial charge in [0.1, 0.15) is 12.2 Å². The SMILES string of the molecule is COc1cc(/C=C2\C(=O)NC(=O)N(c3cccc([N+](=O)[O-])c3)C2=O)cc(I)c1OCc1ccc(Br)cc1. The maximum atomic E-state index is 13.2. The number of anilines is 1. The molecule has 0 atom stereocenters. The Kier molecular flexibility index (Phi) is 7.88. The summed E-state index contributed by atoms with van der Waals surface area (Å²) in [6, 6.07) is 15.0. The lowest BCUT2D eigenvalue weighted by atomic mass is 10.1. The first kappa shape index (κ1) is 26.3. The summed E-state index contributed by atoms with van der Waals surface area (Å²) in [5.41, 5.74) is 0.719. The van der Waals surface area contributed by atoms with Gasteiger partial charge in [0.2, 0.25) is 0 Å². The van der Waals surface area contributed by atoms with Crippen LogP contribution in [-0.4, -0.2) is 29.9 Å². The topological polar surface area (TPSA) is 128 Å². The van der Waals surface area contributed by atoms with Crippen LogP contribution < -0.4 is 19.7 Å². The molecule has 188 valence electrons. The van der Waals surface area contributed by atoms with Gasteiger partial charge in [0.15, 0.2) is 11.5 Å². The third-order valence-electron chi connectivity index (χ3n) is 5.26. The summed E-state index contributed by atoms with van der Waals surface area (Å²) in [5.74, 6) is -0.938. The second-order valence-corrected chi connectivity index (χ2v) is 9.76. The summed E-state index contributed by atoms with van der Waals surface area (Å²) in [6.07, 6.45) is 1.32. The van der Waals surface area contributed by atoms with Crippen molar-refractivity contribution in [2.75, 3.05) is 12.0 Å². The summed E-state index contributed by atoms with van der Waals surface area (Å²) in [7, 11) is 1.47. The zero-order valence-corrected chi connectivity index (χ0v) is 22.8. The molecule has 1 aliphatic rings. The minimum atomic E-state index is -1.00. The van der Waals surface area contributed by atoms with Crippen LogP contribution in [0, 0.1) is 13.7 Å². The zero-order chi connectivity index (χ0) is 26.7. The van der Waals surface area contributed by atoms with Crippen molar-refractivity contribution >= 4 is 73.8 Å². The lowest BCUT2D eigenvalue weighted by Gasteiger charge is -2.26. The Balaban J connectivity index is 1.64. The van der Waals surface area contributed by atoms with Crippen LogP contribution in [-0.2, 0) is 16.2 Å². The number of hydrogen-bond acceptors (Lipinski definition) is 7. The largest absolute Gasteiger partial charge is 0.493 e. The number of hydrogen-bond donors (Lipinski definition) is 1. The highest BCUT2D eigenvalue weighted by atomic mass is 127. The number of barbiturate groups is 1. The second kappa shape index (κ2) is 11.1. The van der Waals surface area contributed by atoms with E-state index in [4.69, 9.17) is 9.47 Å². The van der Waals surface area contributed by atoms with E-state index in [0.717, 1.165) is 16.1 Å². The van der Waals surface area contributed by atoms with E-state index in [2.05, 4.69) is 43.8 Å². The molecule has 0 radical (unpaired) electrons. The molecule has 0 aliphatic carbocycles. The molecule has 1 aliphatic heterocycles. The second-order valence-electron chi connectivity index (χ2n) is 7.68. The van der Waals surface area contributed by atoms with Crippen LogP contribution in [0.1, 0.15) is 11.1 Å². The van der Waals surface area contributed by atoms with Gasteiger partial charge in [-0.05, 0) is 70.1 Å². The van der Waals surface area contributed by atoms with Crippen LogP contribution in [0.2, 0.25) is 0 Å². The molecule has 0 unspecified atom stereocenters. The Bertz CT molecular complexity index is 1460. The number of non-ortho nitro benzene ring substituents is 1. The van der Waals surface area contributed by atoms with Crippen molar-refractivity contribution in [2.24, 2.45) is 0 Å². The number of carbonyl (C=O) groups excluding carboxylic acids is 3. The van der Waals surface area contributed by atoms with Crippen molar-refractivity contribution in [3.05, 3.63) is 95.5 Å². The summed E-state index contributed by atoms with van der Waals surface area (Å²) >= 11 is 5.45. The van der Waals surface area contributed by atoms with Crippen LogP contribution in [0.3, 0.4) is 0 Å². The van der Waals surface area contributed by atoms with Crippen molar-refractivity contribution in [2.45, 2.75) is 6.61 Å². The third kappa shape index (κ3) is 5.80. The Morgan fingerprint density at radius 3 is 2.51 bits per heavy atom. The van der Waals surface area contributed by atoms with Gasteiger partial charge in [-0.3, -0.25) is 25.0 Å². The lowest BCUT2D eigenvalue weighted by molar-refractivity contribution is -0.384. The number of urea groups is 1. The van der Waals surface area contributed by atoms with Crippen molar-refractivity contribution in [1.82, 2.24) is 5.32 Å². The van der Waals surface area contributed by atoms with Gasteiger partial charge in [0.05, 0.1) is 21.3 Å². The van der Waals surface area contributed by atoms with Gasteiger partial charge in [0, 0.05) is 16.6 Å².